The molecule has 3 rings (SSSR count). The molecule has 0 unspecified atom stereocenters. The minimum absolute atomic E-state index is 0.338. The van der Waals surface area contributed by atoms with Crippen molar-refractivity contribution >= 4 is 28.0 Å². The molecule has 0 spiro atoms. The minimum Gasteiger partial charge on any atom is -0.457 e. The fourth-order valence-corrected chi connectivity index (χ4v) is 3.12. The highest BCUT2D eigenvalue weighted by Gasteiger charge is 2.09. The molecule has 0 bridgehead atoms. The van der Waals surface area contributed by atoms with Crippen LogP contribution in [0.1, 0.15) is 30.4 Å². The Hall–Kier alpha value is -1.88. The standard InChI is InChI=1S/C20H22BrFN2O/c1-14-11-20(25-16-6-7-17(21)18(22)12-16)15(2)10-19(14)23-13-24-8-4-3-5-9-24/h6-7,10-13H,3-5,8-9H2,1-2H3. The Balaban J connectivity index is 1.77. The highest BCUT2D eigenvalue weighted by atomic mass is 79.9. The molecule has 0 amide bonds. The van der Waals surface area contributed by atoms with Crippen LogP contribution in [0, 0.1) is 19.7 Å². The lowest BCUT2D eigenvalue weighted by Crippen LogP contribution is -2.28. The summed E-state index contributed by atoms with van der Waals surface area (Å²) in [5.41, 5.74) is 2.95. The van der Waals surface area contributed by atoms with Crippen molar-refractivity contribution in [2.24, 2.45) is 4.99 Å². The number of hydrogen-bond donors (Lipinski definition) is 0. The van der Waals surface area contributed by atoms with Gasteiger partial charge < -0.3 is 9.64 Å². The average molecular weight is 405 g/mol. The van der Waals surface area contributed by atoms with Crippen molar-refractivity contribution in [2.75, 3.05) is 13.1 Å². The number of likely N-dealkylation sites (tertiary alicyclic amines) is 1. The Bertz CT molecular complexity index is 786. The zero-order chi connectivity index (χ0) is 17.8. The van der Waals surface area contributed by atoms with Gasteiger partial charge in [-0.15, -0.1) is 0 Å². The first-order valence-electron chi connectivity index (χ1n) is 8.55. The predicted molar refractivity (Wildman–Crippen MR) is 104 cm³/mol. The minimum atomic E-state index is -0.338. The van der Waals surface area contributed by atoms with E-state index in [4.69, 9.17) is 4.74 Å². The number of hydrogen-bond acceptors (Lipinski definition) is 2. The average Bonchev–Trinajstić information content (AvgIpc) is 2.61. The second kappa shape index (κ2) is 8.00. The zero-order valence-electron chi connectivity index (χ0n) is 14.6. The Morgan fingerprint density at radius 3 is 2.56 bits per heavy atom. The number of rotatable bonds is 4. The first-order chi connectivity index (χ1) is 12.0. The van der Waals surface area contributed by atoms with Gasteiger partial charge in [0.15, 0.2) is 0 Å². The van der Waals surface area contributed by atoms with E-state index < -0.39 is 0 Å². The third-order valence-corrected chi connectivity index (χ3v) is 5.01. The van der Waals surface area contributed by atoms with Crippen LogP contribution in [-0.4, -0.2) is 24.3 Å². The summed E-state index contributed by atoms with van der Waals surface area (Å²) in [6, 6.07) is 8.73. The summed E-state index contributed by atoms with van der Waals surface area (Å²) in [5, 5.41) is 0. The zero-order valence-corrected chi connectivity index (χ0v) is 16.1. The molecular formula is C20H22BrFN2O. The molecule has 0 radical (unpaired) electrons. The molecule has 1 heterocycles. The molecule has 0 N–H and O–H groups in total. The van der Waals surface area contributed by atoms with Gasteiger partial charge in [-0.2, -0.15) is 0 Å². The van der Waals surface area contributed by atoms with E-state index in [1.807, 2.05) is 32.3 Å². The first-order valence-corrected chi connectivity index (χ1v) is 9.34. The van der Waals surface area contributed by atoms with E-state index in [0.29, 0.717) is 10.2 Å². The molecular weight excluding hydrogens is 383 g/mol. The van der Waals surface area contributed by atoms with Gasteiger partial charge in [0.2, 0.25) is 0 Å². The Morgan fingerprint density at radius 1 is 1.08 bits per heavy atom. The molecule has 0 aromatic heterocycles. The third kappa shape index (κ3) is 4.60. The van der Waals surface area contributed by atoms with E-state index in [9.17, 15) is 4.39 Å². The van der Waals surface area contributed by atoms with Gasteiger partial charge >= 0.3 is 0 Å². The Morgan fingerprint density at radius 2 is 1.84 bits per heavy atom. The van der Waals surface area contributed by atoms with Gasteiger partial charge in [-0.1, -0.05) is 0 Å². The lowest BCUT2D eigenvalue weighted by Gasteiger charge is -2.24. The van der Waals surface area contributed by atoms with E-state index in [1.54, 1.807) is 12.1 Å². The number of ether oxygens (including phenoxy) is 1. The summed E-state index contributed by atoms with van der Waals surface area (Å²) in [5.74, 6) is 0.860. The van der Waals surface area contributed by atoms with Crippen LogP contribution in [0.4, 0.5) is 10.1 Å². The SMILES string of the molecule is Cc1cc(Oc2ccc(Br)c(F)c2)c(C)cc1N=CN1CCCCC1. The van der Waals surface area contributed by atoms with Crippen LogP contribution in [-0.2, 0) is 0 Å². The number of aryl methyl sites for hydroxylation is 2. The lowest BCUT2D eigenvalue weighted by atomic mass is 10.1. The van der Waals surface area contributed by atoms with E-state index >= 15 is 0 Å². The molecule has 0 atom stereocenters. The smallest absolute Gasteiger partial charge is 0.141 e. The van der Waals surface area contributed by atoms with Crippen molar-refractivity contribution < 1.29 is 9.13 Å². The Kier molecular flexibility index (Phi) is 5.74. The number of halogens is 2. The summed E-state index contributed by atoms with van der Waals surface area (Å²) >= 11 is 3.15. The molecule has 1 aliphatic heterocycles. The molecule has 132 valence electrons. The highest BCUT2D eigenvalue weighted by Crippen LogP contribution is 2.32. The number of nitrogens with zero attached hydrogens (tertiary/aromatic N) is 2. The summed E-state index contributed by atoms with van der Waals surface area (Å²) in [4.78, 5) is 6.91. The van der Waals surface area contributed by atoms with Crippen LogP contribution >= 0.6 is 15.9 Å². The largest absolute Gasteiger partial charge is 0.457 e. The molecule has 5 heteroatoms. The molecule has 1 aliphatic rings. The van der Waals surface area contributed by atoms with Crippen LogP contribution in [0.2, 0.25) is 0 Å². The lowest BCUT2D eigenvalue weighted by molar-refractivity contribution is 0.351. The van der Waals surface area contributed by atoms with Crippen molar-refractivity contribution in [3.8, 4) is 11.5 Å². The maximum Gasteiger partial charge on any atom is 0.141 e. The predicted octanol–water partition coefficient (Wildman–Crippen LogP) is 6.14. The van der Waals surface area contributed by atoms with Gasteiger partial charge in [0.1, 0.15) is 17.3 Å². The monoisotopic (exact) mass is 404 g/mol. The van der Waals surface area contributed by atoms with Crippen LogP contribution in [0.25, 0.3) is 0 Å². The molecule has 25 heavy (non-hydrogen) atoms. The number of benzene rings is 2. The summed E-state index contributed by atoms with van der Waals surface area (Å²) in [7, 11) is 0. The van der Waals surface area contributed by atoms with Crippen molar-refractivity contribution in [1.29, 1.82) is 0 Å². The summed E-state index contributed by atoms with van der Waals surface area (Å²) in [6.45, 7) is 6.15. The van der Waals surface area contributed by atoms with Gasteiger partial charge in [-0.05, 0) is 84.4 Å². The van der Waals surface area contributed by atoms with Crippen LogP contribution in [0.15, 0.2) is 39.8 Å². The molecule has 0 aliphatic carbocycles. The fraction of sp³-hybridized carbons (Fsp3) is 0.350. The molecule has 1 saturated heterocycles. The molecule has 0 saturated carbocycles. The topological polar surface area (TPSA) is 24.8 Å². The second-order valence-electron chi connectivity index (χ2n) is 6.42. The van der Waals surface area contributed by atoms with Crippen molar-refractivity contribution in [1.82, 2.24) is 4.90 Å². The van der Waals surface area contributed by atoms with Gasteiger partial charge in [0.05, 0.1) is 16.5 Å². The molecule has 3 nitrogen and oxygen atoms in total. The maximum absolute atomic E-state index is 13.7. The number of piperidine rings is 1. The van der Waals surface area contributed by atoms with E-state index in [-0.39, 0.29) is 5.82 Å². The summed E-state index contributed by atoms with van der Waals surface area (Å²) in [6.07, 6.45) is 5.73. The van der Waals surface area contributed by atoms with Crippen LogP contribution in [0.5, 0.6) is 11.5 Å². The molecule has 2 aromatic carbocycles. The molecule has 2 aromatic rings. The van der Waals surface area contributed by atoms with Gasteiger partial charge in [0, 0.05) is 19.2 Å². The van der Waals surface area contributed by atoms with Crippen LogP contribution in [0.3, 0.4) is 0 Å². The fourth-order valence-electron chi connectivity index (χ4n) is 2.87. The maximum atomic E-state index is 13.7. The van der Waals surface area contributed by atoms with E-state index in [1.165, 1.54) is 25.3 Å². The van der Waals surface area contributed by atoms with Crippen molar-refractivity contribution in [3.05, 3.63) is 51.7 Å². The van der Waals surface area contributed by atoms with Gasteiger partial charge in [-0.25, -0.2) is 9.38 Å². The first kappa shape index (κ1) is 17.9. The highest BCUT2D eigenvalue weighted by molar-refractivity contribution is 9.10. The van der Waals surface area contributed by atoms with Crippen molar-refractivity contribution in [2.45, 2.75) is 33.1 Å². The van der Waals surface area contributed by atoms with E-state index in [2.05, 4.69) is 25.8 Å². The summed E-state index contributed by atoms with van der Waals surface area (Å²) < 4.78 is 19.9. The quantitative estimate of drug-likeness (QED) is 0.451. The molecule has 1 fully saturated rings. The third-order valence-electron chi connectivity index (χ3n) is 4.36. The number of aliphatic imine (C=N–C) groups is 1. The Labute approximate surface area is 156 Å². The second-order valence-corrected chi connectivity index (χ2v) is 7.28. The van der Waals surface area contributed by atoms with Crippen LogP contribution < -0.4 is 4.74 Å². The normalized spacial score (nSPS) is 15.0. The van der Waals surface area contributed by atoms with Gasteiger partial charge in [-0.3, -0.25) is 0 Å². The van der Waals surface area contributed by atoms with E-state index in [0.717, 1.165) is 35.7 Å². The van der Waals surface area contributed by atoms with Gasteiger partial charge in [0.25, 0.3) is 0 Å². The van der Waals surface area contributed by atoms with Crippen molar-refractivity contribution in [3.63, 3.8) is 0 Å².